The second kappa shape index (κ2) is 10.1. The largest absolute Gasteiger partial charge is 0.415 e. The fraction of sp³-hybridized carbons (Fsp3) is 0.450. The number of carbonyl (C=O) groups excluding carboxylic acids is 2. The molecule has 0 radical (unpaired) electrons. The number of rotatable bonds is 5. The van der Waals surface area contributed by atoms with Gasteiger partial charge in [-0.15, -0.1) is 0 Å². The fourth-order valence-electron chi connectivity index (χ4n) is 2.84. The van der Waals surface area contributed by atoms with Crippen molar-refractivity contribution in [2.24, 2.45) is 4.99 Å². The smallest absolute Gasteiger partial charge is 0.410 e. The molecule has 162 valence electrons. The molecule has 1 fully saturated rings. The van der Waals surface area contributed by atoms with Gasteiger partial charge in [0.2, 0.25) is 0 Å². The number of hydrazine groups is 1. The number of hydrogen-bond acceptors (Lipinski definition) is 7. The minimum Gasteiger partial charge on any atom is -0.410 e. The molecular formula is C20H26FN5O3S. The van der Waals surface area contributed by atoms with Gasteiger partial charge in [0, 0.05) is 38.8 Å². The topological polar surface area (TPSA) is 77.5 Å². The lowest BCUT2D eigenvalue weighted by molar-refractivity contribution is -0.113. The highest BCUT2D eigenvalue weighted by molar-refractivity contribution is 8.18. The van der Waals surface area contributed by atoms with Gasteiger partial charge >= 0.3 is 6.09 Å². The number of hydrogen-bond donors (Lipinski definition) is 1. The van der Waals surface area contributed by atoms with Crippen LogP contribution in [-0.4, -0.2) is 79.3 Å². The number of benzene rings is 1. The van der Waals surface area contributed by atoms with E-state index in [4.69, 9.17) is 4.74 Å². The molecule has 2 aliphatic rings. The zero-order valence-electron chi connectivity index (χ0n) is 17.4. The van der Waals surface area contributed by atoms with Crippen molar-refractivity contribution in [3.8, 4) is 5.75 Å². The highest BCUT2D eigenvalue weighted by Crippen LogP contribution is 2.33. The summed E-state index contributed by atoms with van der Waals surface area (Å²) in [5.41, 5.74) is 3.52. The highest BCUT2D eigenvalue weighted by atomic mass is 32.2. The number of carbonyl (C=O) groups is 2. The van der Waals surface area contributed by atoms with Crippen LogP contribution in [0.5, 0.6) is 5.75 Å². The molecule has 0 atom stereocenters. The van der Waals surface area contributed by atoms with E-state index >= 15 is 0 Å². The van der Waals surface area contributed by atoms with Crippen molar-refractivity contribution < 1.29 is 18.7 Å². The molecule has 0 aromatic heterocycles. The Hall–Kier alpha value is -2.43. The minimum atomic E-state index is -0.553. The number of amides is 2. The van der Waals surface area contributed by atoms with E-state index in [1.807, 2.05) is 24.0 Å². The maximum Gasteiger partial charge on any atom is 0.415 e. The van der Waals surface area contributed by atoms with E-state index in [9.17, 15) is 14.0 Å². The van der Waals surface area contributed by atoms with E-state index in [1.165, 1.54) is 40.9 Å². The van der Waals surface area contributed by atoms with Gasteiger partial charge in [-0.25, -0.2) is 14.6 Å². The average molecular weight is 436 g/mol. The fourth-order valence-corrected chi connectivity index (χ4v) is 3.75. The van der Waals surface area contributed by atoms with Gasteiger partial charge in [0.15, 0.2) is 5.17 Å². The summed E-state index contributed by atoms with van der Waals surface area (Å²) in [6, 6.07) is 3.84. The van der Waals surface area contributed by atoms with Crippen molar-refractivity contribution in [3.05, 3.63) is 34.5 Å². The van der Waals surface area contributed by atoms with Crippen LogP contribution >= 0.6 is 11.8 Å². The molecule has 0 spiro atoms. The molecule has 0 unspecified atom stereocenters. The van der Waals surface area contributed by atoms with E-state index in [2.05, 4.69) is 10.4 Å². The Morgan fingerprint density at radius 3 is 2.83 bits per heavy atom. The van der Waals surface area contributed by atoms with Crippen LogP contribution in [0, 0.1) is 5.82 Å². The van der Waals surface area contributed by atoms with Gasteiger partial charge in [0.25, 0.3) is 5.91 Å². The SMILES string of the molecule is CN(C)CCN(C)C(=O)Oc1ccc(F)cc1C=C1SC(N2CCCCN2)=NC1=O. The normalized spacial score (nSPS) is 18.2. The summed E-state index contributed by atoms with van der Waals surface area (Å²) in [5.74, 6) is -0.701. The van der Waals surface area contributed by atoms with Crippen LogP contribution in [-0.2, 0) is 4.79 Å². The monoisotopic (exact) mass is 435 g/mol. The number of ether oxygens (including phenoxy) is 1. The summed E-state index contributed by atoms with van der Waals surface area (Å²) < 4.78 is 19.3. The zero-order valence-corrected chi connectivity index (χ0v) is 18.2. The summed E-state index contributed by atoms with van der Waals surface area (Å²) in [5, 5.41) is 2.43. The molecule has 8 nitrogen and oxygen atoms in total. The minimum absolute atomic E-state index is 0.184. The first-order valence-corrected chi connectivity index (χ1v) is 10.6. The quantitative estimate of drug-likeness (QED) is 0.712. The van der Waals surface area contributed by atoms with Crippen molar-refractivity contribution in [3.63, 3.8) is 0 Å². The Labute approximate surface area is 179 Å². The van der Waals surface area contributed by atoms with Gasteiger partial charge in [0.05, 0.1) is 4.91 Å². The van der Waals surface area contributed by atoms with Gasteiger partial charge in [0.1, 0.15) is 11.6 Å². The molecular weight excluding hydrogens is 409 g/mol. The van der Waals surface area contributed by atoms with Crippen LogP contribution in [0.2, 0.25) is 0 Å². The number of thioether (sulfide) groups is 1. The number of halogens is 1. The molecule has 3 rings (SSSR count). The standard InChI is InChI=1S/C20H26FN5O3S/c1-24(2)10-11-25(3)20(28)29-16-7-6-15(21)12-14(16)13-17-18(27)23-19(30-17)26-9-5-4-8-22-26/h6-7,12-13,22H,4-5,8-11H2,1-3H3. The maximum atomic E-state index is 13.9. The number of nitrogens with zero attached hydrogens (tertiary/aromatic N) is 4. The average Bonchev–Trinajstić information content (AvgIpc) is 3.09. The lowest BCUT2D eigenvalue weighted by Crippen LogP contribution is -2.45. The Balaban J connectivity index is 1.74. The molecule has 0 bridgehead atoms. The second-order valence-electron chi connectivity index (χ2n) is 7.35. The summed E-state index contributed by atoms with van der Waals surface area (Å²) in [6.45, 7) is 2.77. The van der Waals surface area contributed by atoms with Crippen molar-refractivity contribution in [2.75, 3.05) is 47.3 Å². The second-order valence-corrected chi connectivity index (χ2v) is 8.36. The molecule has 2 heterocycles. The third-order valence-electron chi connectivity index (χ3n) is 4.60. The third kappa shape index (κ3) is 5.80. The first-order chi connectivity index (χ1) is 14.3. The number of nitrogens with one attached hydrogen (secondary N) is 1. The van der Waals surface area contributed by atoms with Crippen LogP contribution in [0.3, 0.4) is 0 Å². The maximum absolute atomic E-state index is 13.9. The Morgan fingerprint density at radius 1 is 1.33 bits per heavy atom. The van der Waals surface area contributed by atoms with E-state index in [-0.39, 0.29) is 5.75 Å². The lowest BCUT2D eigenvalue weighted by Gasteiger charge is -2.28. The molecule has 1 aromatic rings. The third-order valence-corrected chi connectivity index (χ3v) is 5.61. The molecule has 10 heteroatoms. The Kier molecular flexibility index (Phi) is 7.46. The lowest BCUT2D eigenvalue weighted by atomic mass is 10.2. The van der Waals surface area contributed by atoms with Crippen LogP contribution in [0.1, 0.15) is 18.4 Å². The first kappa shape index (κ1) is 22.3. The molecule has 1 saturated heterocycles. The van der Waals surface area contributed by atoms with E-state index in [0.29, 0.717) is 28.7 Å². The van der Waals surface area contributed by atoms with Crippen molar-refractivity contribution in [1.29, 1.82) is 0 Å². The van der Waals surface area contributed by atoms with Crippen LogP contribution in [0.4, 0.5) is 9.18 Å². The molecule has 0 aliphatic carbocycles. The number of amidine groups is 1. The van der Waals surface area contributed by atoms with Gasteiger partial charge < -0.3 is 14.5 Å². The zero-order chi connectivity index (χ0) is 21.7. The van der Waals surface area contributed by atoms with E-state index in [0.717, 1.165) is 25.9 Å². The molecule has 1 N–H and O–H groups in total. The van der Waals surface area contributed by atoms with Gasteiger partial charge in [-0.05, 0) is 63.0 Å². The first-order valence-electron chi connectivity index (χ1n) is 9.74. The molecule has 2 aliphatic heterocycles. The predicted molar refractivity (Wildman–Crippen MR) is 116 cm³/mol. The van der Waals surface area contributed by atoms with Gasteiger partial charge in [-0.2, -0.15) is 4.99 Å². The molecule has 0 saturated carbocycles. The predicted octanol–water partition coefficient (Wildman–Crippen LogP) is 2.39. The Morgan fingerprint density at radius 2 is 2.13 bits per heavy atom. The van der Waals surface area contributed by atoms with Gasteiger partial charge in [-0.3, -0.25) is 9.80 Å². The summed E-state index contributed by atoms with van der Waals surface area (Å²) >= 11 is 1.22. The van der Waals surface area contributed by atoms with E-state index < -0.39 is 17.8 Å². The number of likely N-dealkylation sites (N-methyl/N-ethyl adjacent to an activating group) is 2. The van der Waals surface area contributed by atoms with Gasteiger partial charge in [-0.1, -0.05) is 0 Å². The molecule has 1 aromatic carbocycles. The Bertz CT molecular complexity index is 868. The van der Waals surface area contributed by atoms with Crippen LogP contribution in [0.25, 0.3) is 6.08 Å². The van der Waals surface area contributed by atoms with Crippen molar-refractivity contribution >= 4 is 35.0 Å². The highest BCUT2D eigenvalue weighted by Gasteiger charge is 2.27. The summed E-state index contributed by atoms with van der Waals surface area (Å²) in [6.07, 6.45) is 3.05. The van der Waals surface area contributed by atoms with Crippen LogP contribution < -0.4 is 10.2 Å². The van der Waals surface area contributed by atoms with Crippen LogP contribution in [0.15, 0.2) is 28.1 Å². The van der Waals surface area contributed by atoms with Crippen molar-refractivity contribution in [2.45, 2.75) is 12.8 Å². The summed E-state index contributed by atoms with van der Waals surface area (Å²) in [4.78, 5) is 32.6. The number of aliphatic imine (C=N–C) groups is 1. The van der Waals surface area contributed by atoms with E-state index in [1.54, 1.807) is 7.05 Å². The summed E-state index contributed by atoms with van der Waals surface area (Å²) in [7, 11) is 5.46. The van der Waals surface area contributed by atoms with Crippen molar-refractivity contribution in [1.82, 2.24) is 20.2 Å². The molecule has 30 heavy (non-hydrogen) atoms. The molecule has 2 amide bonds.